The number of ether oxygens (including phenoxy) is 2. The quantitative estimate of drug-likeness (QED) is 0.454. The van der Waals surface area contributed by atoms with Crippen LogP contribution in [-0.2, 0) is 0 Å². The maximum absolute atomic E-state index is 10.1. The number of phenolic OH excluding ortho intramolecular Hbond substituents is 2. The zero-order valence-corrected chi connectivity index (χ0v) is 19.9. The number of benzene rings is 3. The van der Waals surface area contributed by atoms with Crippen molar-refractivity contribution in [1.82, 2.24) is 4.90 Å². The van der Waals surface area contributed by atoms with Crippen LogP contribution in [-0.4, -0.2) is 40.9 Å². The molecule has 0 bridgehead atoms. The molecule has 3 aromatic carbocycles. The van der Waals surface area contributed by atoms with E-state index in [2.05, 4.69) is 18.9 Å². The Balaban J connectivity index is 1.43. The molecule has 3 aromatic rings. The summed E-state index contributed by atoms with van der Waals surface area (Å²) in [4.78, 5) is 2.40. The number of phenols is 2. The van der Waals surface area contributed by atoms with Crippen molar-refractivity contribution >= 4 is 11.1 Å². The standard InChI is InChI=1S/C29H31NO4/c1-18(30(3)22-9-10-22)17-33-25-12-7-20(8-13-25)29-28(21-5-4-6-23(31)15-21)19(2)26-16-24(32)11-14-27(26)34-29/h4-8,11-16,18,22,29,31-32H,9-10,17H2,1-3H3/t18-,29?/m0/s1. The van der Waals surface area contributed by atoms with Crippen molar-refractivity contribution in [1.29, 1.82) is 0 Å². The number of aromatic hydroxyl groups is 2. The highest BCUT2D eigenvalue weighted by Crippen LogP contribution is 2.47. The molecule has 1 aliphatic heterocycles. The van der Waals surface area contributed by atoms with E-state index < -0.39 is 0 Å². The summed E-state index contributed by atoms with van der Waals surface area (Å²) in [5.41, 5.74) is 4.69. The average molecular weight is 458 g/mol. The third kappa shape index (κ3) is 4.48. The molecule has 5 rings (SSSR count). The second kappa shape index (κ2) is 9.07. The first kappa shape index (κ1) is 22.4. The van der Waals surface area contributed by atoms with Crippen molar-refractivity contribution in [3.05, 3.63) is 83.4 Å². The van der Waals surface area contributed by atoms with E-state index in [0.29, 0.717) is 18.7 Å². The molecule has 1 aliphatic carbocycles. The van der Waals surface area contributed by atoms with E-state index in [-0.39, 0.29) is 17.6 Å². The molecule has 1 fully saturated rings. The minimum atomic E-state index is -0.354. The van der Waals surface area contributed by atoms with Gasteiger partial charge in [-0.3, -0.25) is 4.90 Å². The number of hydrogen-bond acceptors (Lipinski definition) is 5. The summed E-state index contributed by atoms with van der Waals surface area (Å²) < 4.78 is 12.5. The minimum Gasteiger partial charge on any atom is -0.508 e. The fourth-order valence-electron chi connectivity index (χ4n) is 4.63. The maximum atomic E-state index is 10.1. The molecule has 0 amide bonds. The average Bonchev–Trinajstić information content (AvgIpc) is 3.68. The van der Waals surface area contributed by atoms with Gasteiger partial charge in [0.05, 0.1) is 0 Å². The molecular formula is C29H31NO4. The third-order valence-electron chi connectivity index (χ3n) is 6.93. The molecule has 1 unspecified atom stereocenters. The summed E-state index contributed by atoms with van der Waals surface area (Å²) in [6.07, 6.45) is 2.22. The lowest BCUT2D eigenvalue weighted by molar-refractivity contribution is 0.167. The van der Waals surface area contributed by atoms with E-state index >= 15 is 0 Å². The highest BCUT2D eigenvalue weighted by Gasteiger charge is 2.31. The first-order valence-corrected chi connectivity index (χ1v) is 11.9. The molecule has 1 heterocycles. The normalized spacial score (nSPS) is 18.4. The lowest BCUT2D eigenvalue weighted by atomic mass is 9.86. The molecule has 0 aromatic heterocycles. The van der Waals surface area contributed by atoms with Gasteiger partial charge in [0, 0.05) is 23.2 Å². The van der Waals surface area contributed by atoms with Gasteiger partial charge in [-0.25, -0.2) is 0 Å². The van der Waals surface area contributed by atoms with E-state index in [1.165, 1.54) is 12.8 Å². The van der Waals surface area contributed by atoms with Crippen molar-refractivity contribution in [3.8, 4) is 23.0 Å². The summed E-state index contributed by atoms with van der Waals surface area (Å²) in [6, 6.07) is 21.5. The van der Waals surface area contributed by atoms with Crippen molar-refractivity contribution in [2.24, 2.45) is 0 Å². The Kier molecular flexibility index (Phi) is 5.96. The highest BCUT2D eigenvalue weighted by atomic mass is 16.5. The zero-order valence-electron chi connectivity index (χ0n) is 19.9. The number of hydrogen-bond donors (Lipinski definition) is 2. The Hall–Kier alpha value is -3.44. The largest absolute Gasteiger partial charge is 0.508 e. The highest BCUT2D eigenvalue weighted by molar-refractivity contribution is 5.95. The van der Waals surface area contributed by atoms with Crippen LogP contribution in [0.5, 0.6) is 23.0 Å². The zero-order chi connectivity index (χ0) is 23.8. The number of likely N-dealkylation sites (N-methyl/N-ethyl adjacent to an activating group) is 1. The van der Waals surface area contributed by atoms with Gasteiger partial charge in [-0.1, -0.05) is 24.3 Å². The van der Waals surface area contributed by atoms with E-state index in [0.717, 1.165) is 39.3 Å². The fourth-order valence-corrected chi connectivity index (χ4v) is 4.63. The van der Waals surface area contributed by atoms with Crippen LogP contribution >= 0.6 is 0 Å². The molecule has 0 radical (unpaired) electrons. The van der Waals surface area contributed by atoms with Crippen molar-refractivity contribution in [2.75, 3.05) is 13.7 Å². The summed E-state index contributed by atoms with van der Waals surface area (Å²) in [5.74, 6) is 1.95. The number of nitrogens with zero attached hydrogens (tertiary/aromatic N) is 1. The lowest BCUT2D eigenvalue weighted by Crippen LogP contribution is -2.35. The molecule has 2 aliphatic rings. The Morgan fingerprint density at radius 1 is 1.00 bits per heavy atom. The van der Waals surface area contributed by atoms with Gasteiger partial charge in [0.15, 0.2) is 0 Å². The minimum absolute atomic E-state index is 0.193. The van der Waals surface area contributed by atoms with E-state index in [1.54, 1.807) is 30.3 Å². The molecular weight excluding hydrogens is 426 g/mol. The monoisotopic (exact) mass is 457 g/mol. The van der Waals surface area contributed by atoms with Gasteiger partial charge in [0.25, 0.3) is 0 Å². The van der Waals surface area contributed by atoms with Crippen LogP contribution in [0.2, 0.25) is 0 Å². The van der Waals surface area contributed by atoms with Crippen LogP contribution in [0.3, 0.4) is 0 Å². The van der Waals surface area contributed by atoms with E-state index in [4.69, 9.17) is 9.47 Å². The van der Waals surface area contributed by atoms with Gasteiger partial charge in [-0.05, 0) is 92.9 Å². The van der Waals surface area contributed by atoms with Crippen molar-refractivity contribution in [2.45, 2.75) is 44.9 Å². The van der Waals surface area contributed by atoms with E-state index in [1.807, 2.05) is 43.3 Å². The Bertz CT molecular complexity index is 1210. The second-order valence-corrected chi connectivity index (χ2v) is 9.39. The van der Waals surface area contributed by atoms with Crippen LogP contribution in [0.15, 0.2) is 66.7 Å². The fraction of sp³-hybridized carbons (Fsp3) is 0.310. The van der Waals surface area contributed by atoms with Gasteiger partial charge in [0.1, 0.15) is 35.7 Å². The second-order valence-electron chi connectivity index (χ2n) is 9.39. The topological polar surface area (TPSA) is 62.2 Å². The van der Waals surface area contributed by atoms with Crippen molar-refractivity contribution in [3.63, 3.8) is 0 Å². The van der Waals surface area contributed by atoms with Crippen molar-refractivity contribution < 1.29 is 19.7 Å². The summed E-state index contributed by atoms with van der Waals surface area (Å²) in [5, 5.41) is 20.2. The SMILES string of the molecule is CC1=C(c2cccc(O)c2)C(c2ccc(OC[C@H](C)N(C)C3CC3)cc2)Oc2ccc(O)cc21. The van der Waals surface area contributed by atoms with Gasteiger partial charge in [-0.15, -0.1) is 0 Å². The van der Waals surface area contributed by atoms with Gasteiger partial charge in [0.2, 0.25) is 0 Å². The van der Waals surface area contributed by atoms with Gasteiger partial charge in [-0.2, -0.15) is 0 Å². The number of fused-ring (bicyclic) bond motifs is 1. The molecule has 1 saturated carbocycles. The molecule has 5 heteroatoms. The summed E-state index contributed by atoms with van der Waals surface area (Å²) in [6.45, 7) is 4.88. The molecule has 2 atom stereocenters. The molecule has 0 spiro atoms. The van der Waals surface area contributed by atoms with Crippen LogP contribution in [0, 0.1) is 0 Å². The first-order valence-electron chi connectivity index (χ1n) is 11.9. The smallest absolute Gasteiger partial charge is 0.150 e. The third-order valence-corrected chi connectivity index (χ3v) is 6.93. The summed E-state index contributed by atoms with van der Waals surface area (Å²) >= 11 is 0. The predicted octanol–water partition coefficient (Wildman–Crippen LogP) is 6.02. The van der Waals surface area contributed by atoms with Gasteiger partial charge >= 0.3 is 0 Å². The maximum Gasteiger partial charge on any atom is 0.150 e. The first-order chi connectivity index (χ1) is 16.4. The Morgan fingerprint density at radius 3 is 2.44 bits per heavy atom. The molecule has 5 nitrogen and oxygen atoms in total. The Morgan fingerprint density at radius 2 is 1.74 bits per heavy atom. The Labute approximate surface area is 200 Å². The van der Waals surface area contributed by atoms with Gasteiger partial charge < -0.3 is 19.7 Å². The number of rotatable bonds is 7. The van der Waals surface area contributed by atoms with Crippen LogP contribution in [0.25, 0.3) is 11.1 Å². The molecule has 34 heavy (non-hydrogen) atoms. The molecule has 2 N–H and O–H groups in total. The van der Waals surface area contributed by atoms with Crippen LogP contribution in [0.1, 0.15) is 49.5 Å². The molecule has 0 saturated heterocycles. The molecule has 176 valence electrons. The number of allylic oxidation sites excluding steroid dienone is 1. The predicted molar refractivity (Wildman–Crippen MR) is 134 cm³/mol. The van der Waals surface area contributed by atoms with Crippen LogP contribution < -0.4 is 9.47 Å². The van der Waals surface area contributed by atoms with E-state index in [9.17, 15) is 10.2 Å². The lowest BCUT2D eigenvalue weighted by Gasteiger charge is -2.31. The summed E-state index contributed by atoms with van der Waals surface area (Å²) in [7, 11) is 2.17. The van der Waals surface area contributed by atoms with Crippen LogP contribution in [0.4, 0.5) is 0 Å².